The topological polar surface area (TPSA) is 56.5 Å². The molecule has 5 aliphatic heterocycles. The van der Waals surface area contributed by atoms with Crippen LogP contribution in [-0.2, 0) is 16.0 Å². The Morgan fingerprint density at radius 3 is 2.62 bits per heavy atom. The quantitative estimate of drug-likeness (QED) is 0.836. The minimum absolute atomic E-state index is 0.0522. The maximum atomic E-state index is 6.14. The minimum Gasteiger partial charge on any atom is -0.399 e. The SMILES string of the molecule is Nc1ccc(CNCC2OC3CC4(CCC2CC4)O3)cc1. The number of hydrogen-bond acceptors (Lipinski definition) is 4. The molecule has 114 valence electrons. The van der Waals surface area contributed by atoms with Crippen LogP contribution in [0.15, 0.2) is 24.3 Å². The molecule has 3 N–H and O–H groups in total. The highest BCUT2D eigenvalue weighted by Crippen LogP contribution is 2.50. The molecule has 0 radical (unpaired) electrons. The van der Waals surface area contributed by atoms with Crippen molar-refractivity contribution in [1.82, 2.24) is 5.32 Å². The molecule has 6 aliphatic rings. The summed E-state index contributed by atoms with van der Waals surface area (Å²) in [6.45, 7) is 1.77. The lowest BCUT2D eigenvalue weighted by atomic mass is 9.71. The monoisotopic (exact) mass is 288 g/mol. The number of anilines is 1. The summed E-state index contributed by atoms with van der Waals surface area (Å²) >= 11 is 0. The predicted molar refractivity (Wildman–Crippen MR) is 81.6 cm³/mol. The van der Waals surface area contributed by atoms with Gasteiger partial charge in [0.2, 0.25) is 0 Å². The van der Waals surface area contributed by atoms with Gasteiger partial charge in [0.1, 0.15) is 0 Å². The fourth-order valence-electron chi connectivity index (χ4n) is 4.02. The largest absolute Gasteiger partial charge is 0.399 e. The molecule has 5 heterocycles. The lowest BCUT2D eigenvalue weighted by molar-refractivity contribution is -0.354. The van der Waals surface area contributed by atoms with Gasteiger partial charge in [0, 0.05) is 25.2 Å². The Kier molecular flexibility index (Phi) is 3.40. The summed E-state index contributed by atoms with van der Waals surface area (Å²) in [5.41, 5.74) is 7.98. The summed E-state index contributed by atoms with van der Waals surface area (Å²) in [5.74, 6) is 0.698. The molecular weight excluding hydrogens is 264 g/mol. The van der Waals surface area contributed by atoms with Crippen LogP contribution in [0.5, 0.6) is 0 Å². The first-order valence-electron chi connectivity index (χ1n) is 8.11. The zero-order valence-electron chi connectivity index (χ0n) is 12.4. The van der Waals surface area contributed by atoms with Crippen LogP contribution in [0.1, 0.15) is 37.7 Å². The van der Waals surface area contributed by atoms with E-state index in [1.54, 1.807) is 0 Å². The van der Waals surface area contributed by atoms with Crippen LogP contribution < -0.4 is 11.1 Å². The summed E-state index contributed by atoms with van der Waals surface area (Å²) in [4.78, 5) is 0. The van der Waals surface area contributed by atoms with E-state index in [0.29, 0.717) is 12.0 Å². The van der Waals surface area contributed by atoms with E-state index in [0.717, 1.165) is 25.2 Å². The predicted octanol–water partition coefficient (Wildman–Crippen LogP) is 2.43. The van der Waals surface area contributed by atoms with Crippen molar-refractivity contribution < 1.29 is 9.47 Å². The van der Waals surface area contributed by atoms with Gasteiger partial charge in [-0.05, 0) is 49.3 Å². The Morgan fingerprint density at radius 1 is 1.19 bits per heavy atom. The zero-order chi connectivity index (χ0) is 14.3. The lowest BCUT2D eigenvalue weighted by Gasteiger charge is -2.55. The molecule has 1 aromatic carbocycles. The number of nitrogens with one attached hydrogen (secondary N) is 1. The number of nitrogens with two attached hydrogens (primary N) is 1. The van der Waals surface area contributed by atoms with Gasteiger partial charge in [-0.25, -0.2) is 0 Å². The third kappa shape index (κ3) is 2.68. The number of hydrogen-bond donors (Lipinski definition) is 2. The van der Waals surface area contributed by atoms with Crippen molar-refractivity contribution in [2.24, 2.45) is 5.92 Å². The van der Waals surface area contributed by atoms with Crippen molar-refractivity contribution in [1.29, 1.82) is 0 Å². The molecule has 5 saturated heterocycles. The van der Waals surface area contributed by atoms with Crippen molar-refractivity contribution in [3.63, 3.8) is 0 Å². The van der Waals surface area contributed by atoms with Crippen LogP contribution in [0.4, 0.5) is 5.69 Å². The average Bonchev–Trinajstić information content (AvgIpc) is 2.43. The van der Waals surface area contributed by atoms with E-state index >= 15 is 0 Å². The molecule has 1 aromatic rings. The maximum absolute atomic E-state index is 6.14. The fraction of sp³-hybridized carbons (Fsp3) is 0.647. The zero-order valence-corrected chi connectivity index (χ0v) is 12.4. The standard InChI is InChI=1S/C17H24N2O2/c18-14-3-1-12(2-4-14)10-19-11-15-13-5-7-17(8-6-13)9-16(20-15)21-17/h1-4,13,15-16,19H,5-11,18H2. The highest BCUT2D eigenvalue weighted by atomic mass is 16.7. The summed E-state index contributed by atoms with van der Waals surface area (Å²) < 4.78 is 12.1. The van der Waals surface area contributed by atoms with Gasteiger partial charge in [-0.1, -0.05) is 12.1 Å². The van der Waals surface area contributed by atoms with E-state index in [9.17, 15) is 0 Å². The van der Waals surface area contributed by atoms with E-state index in [2.05, 4.69) is 17.4 Å². The van der Waals surface area contributed by atoms with E-state index in [1.165, 1.54) is 31.2 Å². The molecule has 0 amide bonds. The summed E-state index contributed by atoms with van der Waals surface area (Å²) in [5, 5.41) is 3.54. The second kappa shape index (κ2) is 5.27. The number of benzene rings is 1. The molecular formula is C17H24N2O2. The molecule has 21 heavy (non-hydrogen) atoms. The Bertz CT molecular complexity index is 479. The van der Waals surface area contributed by atoms with Crippen molar-refractivity contribution in [2.45, 2.75) is 56.6 Å². The van der Waals surface area contributed by atoms with E-state index in [4.69, 9.17) is 15.2 Å². The molecule has 4 nitrogen and oxygen atoms in total. The van der Waals surface area contributed by atoms with Crippen LogP contribution in [0.25, 0.3) is 0 Å². The second-order valence-corrected chi connectivity index (χ2v) is 6.82. The van der Waals surface area contributed by atoms with Crippen LogP contribution in [-0.4, -0.2) is 24.5 Å². The number of nitrogen functional groups attached to an aromatic ring is 1. The van der Waals surface area contributed by atoms with Crippen molar-refractivity contribution in [3.8, 4) is 0 Å². The Labute approximate surface area is 126 Å². The number of ether oxygens (including phenoxy) is 2. The molecule has 4 heteroatoms. The summed E-state index contributed by atoms with van der Waals surface area (Å²) in [7, 11) is 0. The average molecular weight is 288 g/mol. The Morgan fingerprint density at radius 2 is 1.90 bits per heavy atom. The molecule has 7 rings (SSSR count). The molecule has 6 fully saturated rings. The van der Waals surface area contributed by atoms with Gasteiger partial charge in [0.25, 0.3) is 0 Å². The van der Waals surface area contributed by atoms with Crippen LogP contribution in [0.2, 0.25) is 0 Å². The Balaban J connectivity index is 1.32. The first-order valence-corrected chi connectivity index (χ1v) is 8.11. The third-order valence-corrected chi connectivity index (χ3v) is 5.37. The van der Waals surface area contributed by atoms with Gasteiger partial charge >= 0.3 is 0 Å². The van der Waals surface area contributed by atoms with Crippen LogP contribution in [0, 0.1) is 5.92 Å². The fourth-order valence-corrected chi connectivity index (χ4v) is 4.02. The third-order valence-electron chi connectivity index (χ3n) is 5.37. The van der Waals surface area contributed by atoms with E-state index in [1.807, 2.05) is 12.1 Å². The van der Waals surface area contributed by atoms with Gasteiger partial charge in [-0.2, -0.15) is 0 Å². The molecule has 3 bridgehead atoms. The number of rotatable bonds is 4. The molecule has 1 saturated carbocycles. The summed E-state index contributed by atoms with van der Waals surface area (Å²) in [6.07, 6.45) is 6.41. The van der Waals surface area contributed by atoms with Crippen LogP contribution >= 0.6 is 0 Å². The molecule has 0 aromatic heterocycles. The van der Waals surface area contributed by atoms with Crippen molar-refractivity contribution in [3.05, 3.63) is 29.8 Å². The highest BCUT2D eigenvalue weighted by molar-refractivity contribution is 5.39. The molecule has 2 atom stereocenters. The van der Waals surface area contributed by atoms with Gasteiger partial charge in [0.15, 0.2) is 6.29 Å². The molecule has 1 aliphatic carbocycles. The molecule has 2 unspecified atom stereocenters. The minimum atomic E-state index is 0.0522. The normalized spacial score (nSPS) is 37.6. The van der Waals surface area contributed by atoms with Gasteiger partial charge in [-0.3, -0.25) is 0 Å². The highest BCUT2D eigenvalue weighted by Gasteiger charge is 2.52. The van der Waals surface area contributed by atoms with Gasteiger partial charge in [0.05, 0.1) is 11.7 Å². The summed E-state index contributed by atoms with van der Waals surface area (Å²) in [6, 6.07) is 8.05. The lowest BCUT2D eigenvalue weighted by Crippen LogP contribution is -2.59. The van der Waals surface area contributed by atoms with Crippen molar-refractivity contribution in [2.75, 3.05) is 12.3 Å². The maximum Gasteiger partial charge on any atom is 0.161 e. The molecule has 1 spiro atoms. The first-order chi connectivity index (χ1) is 10.2. The van der Waals surface area contributed by atoms with E-state index in [-0.39, 0.29) is 11.9 Å². The van der Waals surface area contributed by atoms with Gasteiger partial charge in [-0.15, -0.1) is 0 Å². The van der Waals surface area contributed by atoms with Gasteiger partial charge < -0.3 is 20.5 Å². The second-order valence-electron chi connectivity index (χ2n) is 6.82. The smallest absolute Gasteiger partial charge is 0.161 e. The van der Waals surface area contributed by atoms with E-state index < -0.39 is 0 Å². The Hall–Kier alpha value is -1.10. The van der Waals surface area contributed by atoms with Crippen molar-refractivity contribution >= 4 is 5.69 Å². The van der Waals surface area contributed by atoms with Crippen LogP contribution in [0.3, 0.4) is 0 Å². The first kappa shape index (κ1) is 13.6.